The summed E-state index contributed by atoms with van der Waals surface area (Å²) in [5.41, 5.74) is 2.95. The first-order valence-corrected chi connectivity index (χ1v) is 9.01. The third kappa shape index (κ3) is 3.88. The number of benzene rings is 1. The van der Waals surface area contributed by atoms with E-state index in [4.69, 9.17) is 4.52 Å². The van der Waals surface area contributed by atoms with Crippen molar-refractivity contribution in [3.05, 3.63) is 53.8 Å². The number of rotatable bonds is 3. The number of aromatic nitrogens is 3. The summed E-state index contributed by atoms with van der Waals surface area (Å²) in [5.74, 6) is 0.782. The van der Waals surface area contributed by atoms with E-state index in [1.54, 1.807) is 42.9 Å². The van der Waals surface area contributed by atoms with Crippen molar-refractivity contribution in [1.29, 1.82) is 0 Å². The molecule has 0 spiro atoms. The minimum Gasteiger partial charge on any atom is -0.359 e. The molecular formula is C20H20N6O3. The van der Waals surface area contributed by atoms with Gasteiger partial charge in [-0.3, -0.25) is 10.1 Å². The van der Waals surface area contributed by atoms with Gasteiger partial charge in [-0.15, -0.1) is 0 Å². The fraction of sp³-hybridized carbons (Fsp3) is 0.200. The second-order valence-corrected chi connectivity index (χ2v) is 7.68. The molecule has 0 bridgehead atoms. The molecule has 0 atom stereocenters. The highest BCUT2D eigenvalue weighted by Crippen LogP contribution is 2.35. The lowest BCUT2D eigenvalue weighted by Crippen LogP contribution is -2.19. The van der Waals surface area contributed by atoms with Crippen LogP contribution in [0.5, 0.6) is 0 Å². The number of fused-ring (bicyclic) bond motifs is 1. The van der Waals surface area contributed by atoms with Crippen LogP contribution in [0.1, 0.15) is 37.8 Å². The zero-order valence-corrected chi connectivity index (χ0v) is 16.2. The minimum atomic E-state index is -0.462. The zero-order chi connectivity index (χ0) is 20.6. The smallest absolute Gasteiger partial charge is 0.324 e. The quantitative estimate of drug-likeness (QED) is 0.504. The molecule has 3 aromatic rings. The Bertz CT molecular complexity index is 1110. The van der Waals surface area contributed by atoms with Gasteiger partial charge in [0.1, 0.15) is 5.76 Å². The van der Waals surface area contributed by atoms with Gasteiger partial charge >= 0.3 is 6.03 Å². The van der Waals surface area contributed by atoms with Gasteiger partial charge in [0, 0.05) is 22.7 Å². The molecule has 0 radical (unpaired) electrons. The summed E-state index contributed by atoms with van der Waals surface area (Å²) in [4.78, 5) is 31.4. The van der Waals surface area contributed by atoms with E-state index in [9.17, 15) is 9.59 Å². The average Bonchev–Trinajstić information content (AvgIpc) is 3.36. The minimum absolute atomic E-state index is 0.205. The van der Waals surface area contributed by atoms with E-state index < -0.39 is 6.03 Å². The average molecular weight is 392 g/mol. The number of imidazole rings is 1. The van der Waals surface area contributed by atoms with E-state index in [1.807, 2.05) is 20.8 Å². The Labute approximate surface area is 166 Å². The molecule has 9 heteroatoms. The van der Waals surface area contributed by atoms with Crippen molar-refractivity contribution in [2.45, 2.75) is 26.2 Å². The van der Waals surface area contributed by atoms with Gasteiger partial charge in [-0.1, -0.05) is 32.0 Å². The number of nitrogens with one attached hydrogen (secondary N) is 4. The van der Waals surface area contributed by atoms with Gasteiger partial charge in [-0.2, -0.15) is 0 Å². The third-order valence-electron chi connectivity index (χ3n) is 4.37. The number of nitrogens with zero attached hydrogens (tertiary/aromatic N) is 2. The Balaban J connectivity index is 1.47. The molecule has 2 aromatic heterocycles. The van der Waals surface area contributed by atoms with Crippen molar-refractivity contribution in [3.63, 3.8) is 0 Å². The lowest BCUT2D eigenvalue weighted by molar-refractivity contribution is -0.110. The molecule has 29 heavy (non-hydrogen) atoms. The zero-order valence-electron chi connectivity index (χ0n) is 16.2. The van der Waals surface area contributed by atoms with Gasteiger partial charge in [0.2, 0.25) is 0 Å². The number of anilines is 3. The molecule has 0 saturated carbocycles. The second kappa shape index (κ2) is 6.93. The molecule has 0 aliphatic carbocycles. The van der Waals surface area contributed by atoms with Crippen LogP contribution in [0.2, 0.25) is 0 Å². The fourth-order valence-corrected chi connectivity index (χ4v) is 2.88. The molecule has 1 aliphatic rings. The first kappa shape index (κ1) is 18.5. The Morgan fingerprint density at radius 2 is 2.03 bits per heavy atom. The van der Waals surface area contributed by atoms with Crippen LogP contribution in [0.3, 0.4) is 0 Å². The molecule has 0 unspecified atom stereocenters. The highest BCUT2D eigenvalue weighted by Gasteiger charge is 2.25. The monoisotopic (exact) mass is 392 g/mol. The summed E-state index contributed by atoms with van der Waals surface area (Å²) in [6.45, 7) is 5.97. The third-order valence-corrected chi connectivity index (χ3v) is 4.37. The fourth-order valence-electron chi connectivity index (χ4n) is 2.88. The van der Waals surface area contributed by atoms with Crippen molar-refractivity contribution < 1.29 is 14.1 Å². The molecule has 3 heterocycles. The number of urea groups is 1. The highest BCUT2D eigenvalue weighted by atomic mass is 16.5. The SMILES string of the molecule is CC(C)(C)c1cc(NC(=O)Nc2ccc3c(c2)NC(=O)C3=Cc2cnc[nH]2)no1. The second-order valence-electron chi connectivity index (χ2n) is 7.68. The topological polar surface area (TPSA) is 125 Å². The molecule has 1 aromatic carbocycles. The highest BCUT2D eigenvalue weighted by molar-refractivity contribution is 6.35. The van der Waals surface area contributed by atoms with Crippen LogP contribution in [-0.4, -0.2) is 27.1 Å². The maximum atomic E-state index is 12.3. The van der Waals surface area contributed by atoms with Crippen LogP contribution in [0.25, 0.3) is 11.6 Å². The number of H-pyrrole nitrogens is 1. The number of hydrogen-bond acceptors (Lipinski definition) is 5. The Kier molecular flexibility index (Phi) is 4.42. The molecule has 4 rings (SSSR count). The van der Waals surface area contributed by atoms with Crippen LogP contribution < -0.4 is 16.0 Å². The Morgan fingerprint density at radius 3 is 2.72 bits per heavy atom. The summed E-state index contributed by atoms with van der Waals surface area (Å²) in [5, 5.41) is 12.0. The van der Waals surface area contributed by atoms with Gasteiger partial charge in [0.15, 0.2) is 5.82 Å². The maximum absolute atomic E-state index is 12.3. The largest absolute Gasteiger partial charge is 0.359 e. The van der Waals surface area contributed by atoms with Crippen molar-refractivity contribution in [2.75, 3.05) is 16.0 Å². The van der Waals surface area contributed by atoms with Gasteiger partial charge in [0.25, 0.3) is 5.91 Å². The standard InChI is InChI=1S/C20H20N6O3/c1-20(2,3)16-8-17(26-29-16)25-19(28)23-11-4-5-13-14(6-12-9-21-10-22-12)18(27)24-15(13)7-11/h4-10H,1-3H3,(H,21,22)(H,24,27)(H2,23,25,26,28). The Morgan fingerprint density at radius 1 is 1.21 bits per heavy atom. The van der Waals surface area contributed by atoms with Crippen LogP contribution >= 0.6 is 0 Å². The van der Waals surface area contributed by atoms with Crippen LogP contribution in [0, 0.1) is 0 Å². The first-order valence-electron chi connectivity index (χ1n) is 9.01. The molecule has 3 amide bonds. The lowest BCUT2D eigenvalue weighted by Gasteiger charge is -2.12. The van der Waals surface area contributed by atoms with E-state index in [0.717, 1.165) is 11.3 Å². The number of carbonyl (C=O) groups excluding carboxylic acids is 2. The summed E-state index contributed by atoms with van der Waals surface area (Å²) < 4.78 is 5.25. The van der Waals surface area contributed by atoms with Crippen LogP contribution in [0.15, 0.2) is 41.3 Å². The van der Waals surface area contributed by atoms with Crippen molar-refractivity contribution >= 4 is 40.8 Å². The molecule has 148 valence electrons. The van der Waals surface area contributed by atoms with Crippen molar-refractivity contribution in [1.82, 2.24) is 15.1 Å². The molecule has 0 fully saturated rings. The summed E-state index contributed by atoms with van der Waals surface area (Å²) >= 11 is 0. The van der Waals surface area contributed by atoms with E-state index in [2.05, 4.69) is 31.1 Å². The number of hydrogen-bond donors (Lipinski definition) is 4. The van der Waals surface area contributed by atoms with E-state index >= 15 is 0 Å². The van der Waals surface area contributed by atoms with Crippen molar-refractivity contribution in [3.8, 4) is 0 Å². The molecule has 9 nitrogen and oxygen atoms in total. The van der Waals surface area contributed by atoms with E-state index in [-0.39, 0.29) is 11.3 Å². The predicted octanol–water partition coefficient (Wildman–Crippen LogP) is 3.83. The predicted molar refractivity (Wildman–Crippen MR) is 109 cm³/mol. The maximum Gasteiger partial charge on any atom is 0.324 e. The molecule has 1 aliphatic heterocycles. The van der Waals surface area contributed by atoms with E-state index in [1.165, 1.54) is 0 Å². The van der Waals surface area contributed by atoms with Gasteiger partial charge in [-0.05, 0) is 18.2 Å². The summed E-state index contributed by atoms with van der Waals surface area (Å²) in [6.07, 6.45) is 4.91. The molecule has 4 N–H and O–H groups in total. The van der Waals surface area contributed by atoms with Crippen molar-refractivity contribution in [2.24, 2.45) is 0 Å². The molecular weight excluding hydrogens is 372 g/mol. The van der Waals surface area contributed by atoms with Crippen LogP contribution in [-0.2, 0) is 10.2 Å². The number of aromatic amines is 1. The number of amides is 3. The lowest BCUT2D eigenvalue weighted by atomic mass is 9.93. The van der Waals surface area contributed by atoms with Gasteiger partial charge in [0.05, 0.1) is 29.5 Å². The van der Waals surface area contributed by atoms with Crippen LogP contribution in [0.4, 0.5) is 22.0 Å². The first-order chi connectivity index (χ1) is 13.8. The van der Waals surface area contributed by atoms with Gasteiger partial charge in [-0.25, -0.2) is 9.78 Å². The van der Waals surface area contributed by atoms with E-state index in [0.29, 0.717) is 28.5 Å². The summed E-state index contributed by atoms with van der Waals surface area (Å²) in [7, 11) is 0. The normalized spacial score (nSPS) is 14.6. The van der Waals surface area contributed by atoms with Gasteiger partial charge < -0.3 is 20.1 Å². The number of carbonyl (C=O) groups is 2. The Hall–Kier alpha value is -3.88. The molecule has 0 saturated heterocycles. The summed E-state index contributed by atoms with van der Waals surface area (Å²) in [6, 6.07) is 6.43.